The van der Waals surface area contributed by atoms with E-state index >= 15 is 0 Å². The van der Waals surface area contributed by atoms with Crippen molar-refractivity contribution in [1.29, 1.82) is 0 Å². The van der Waals surface area contributed by atoms with E-state index in [1.54, 1.807) is 29.2 Å². The van der Waals surface area contributed by atoms with Gasteiger partial charge in [0.25, 0.3) is 11.7 Å². The molecule has 0 aliphatic carbocycles. The number of benzene rings is 2. The first kappa shape index (κ1) is 21.8. The summed E-state index contributed by atoms with van der Waals surface area (Å²) >= 11 is 0. The van der Waals surface area contributed by atoms with E-state index in [0.717, 1.165) is 37.2 Å². The Morgan fingerprint density at radius 2 is 1.63 bits per heavy atom. The number of carbonyl (C=O) groups excluding carboxylic acids is 2. The number of aryl methyl sites for hydroxylation is 1. The second-order valence-electron chi connectivity index (χ2n) is 7.65. The van der Waals surface area contributed by atoms with E-state index in [-0.39, 0.29) is 11.3 Å². The summed E-state index contributed by atoms with van der Waals surface area (Å²) in [4.78, 5) is 29.8. The molecular formula is C25H30N2O3. The highest BCUT2D eigenvalue weighted by atomic mass is 16.3. The predicted molar refractivity (Wildman–Crippen MR) is 119 cm³/mol. The lowest BCUT2D eigenvalue weighted by Gasteiger charge is -2.27. The van der Waals surface area contributed by atoms with Crippen molar-refractivity contribution in [3.63, 3.8) is 0 Å². The van der Waals surface area contributed by atoms with E-state index < -0.39 is 17.7 Å². The normalized spacial score (nSPS) is 18.4. The average Bonchev–Trinajstić information content (AvgIpc) is 3.02. The van der Waals surface area contributed by atoms with Crippen molar-refractivity contribution in [3.05, 3.63) is 76.9 Å². The Kier molecular flexibility index (Phi) is 7.06. The Hall–Kier alpha value is -2.92. The number of aliphatic hydroxyl groups is 1. The van der Waals surface area contributed by atoms with Gasteiger partial charge in [-0.05, 0) is 38.5 Å². The summed E-state index contributed by atoms with van der Waals surface area (Å²) in [6.45, 7) is 9.44. The number of carbonyl (C=O) groups is 2. The second kappa shape index (κ2) is 9.72. The maximum atomic E-state index is 13.0. The smallest absolute Gasteiger partial charge is 0.295 e. The van der Waals surface area contributed by atoms with Crippen molar-refractivity contribution in [3.8, 4) is 0 Å². The van der Waals surface area contributed by atoms with Crippen molar-refractivity contribution in [2.24, 2.45) is 0 Å². The van der Waals surface area contributed by atoms with Gasteiger partial charge < -0.3 is 14.9 Å². The minimum atomic E-state index is -0.621. The fraction of sp³-hybridized carbons (Fsp3) is 0.360. The summed E-state index contributed by atoms with van der Waals surface area (Å²) in [5, 5.41) is 11.0. The van der Waals surface area contributed by atoms with Crippen LogP contribution in [-0.2, 0) is 9.59 Å². The van der Waals surface area contributed by atoms with Crippen LogP contribution in [0.4, 0.5) is 0 Å². The lowest BCUT2D eigenvalue weighted by molar-refractivity contribution is -0.140. The first-order valence-electron chi connectivity index (χ1n) is 10.6. The van der Waals surface area contributed by atoms with E-state index in [1.165, 1.54) is 0 Å². The molecule has 0 aromatic heterocycles. The maximum Gasteiger partial charge on any atom is 0.295 e. The molecule has 1 amide bonds. The number of likely N-dealkylation sites (tertiary alicyclic amines) is 1. The first-order valence-corrected chi connectivity index (χ1v) is 10.6. The Labute approximate surface area is 178 Å². The van der Waals surface area contributed by atoms with Gasteiger partial charge in [0.15, 0.2) is 0 Å². The standard InChI is InChI=1S/C25H30N2O3/c1-4-26(5-2)16-9-17-27-22(19-14-12-18(3)13-15-19)21(24(29)25(27)30)23(28)20-10-7-6-8-11-20/h6-8,10-15,22,28H,4-5,9,16-17H2,1-3H3/b23-21+/t22-/m1/s1. The van der Waals surface area contributed by atoms with Crippen LogP contribution in [-0.4, -0.2) is 52.8 Å². The number of ketones is 1. The van der Waals surface area contributed by atoms with Gasteiger partial charge in [-0.15, -0.1) is 0 Å². The molecule has 2 aromatic rings. The lowest BCUT2D eigenvalue weighted by Crippen LogP contribution is -2.33. The van der Waals surface area contributed by atoms with Crippen molar-refractivity contribution in [1.82, 2.24) is 9.80 Å². The predicted octanol–water partition coefficient (Wildman–Crippen LogP) is 4.15. The van der Waals surface area contributed by atoms with E-state index in [4.69, 9.17) is 0 Å². The summed E-state index contributed by atoms with van der Waals surface area (Å²) in [7, 11) is 0. The highest BCUT2D eigenvalue weighted by Gasteiger charge is 2.45. The minimum Gasteiger partial charge on any atom is -0.507 e. The first-order chi connectivity index (χ1) is 14.5. The number of hydrogen-bond acceptors (Lipinski definition) is 4. The molecule has 1 aliphatic rings. The van der Waals surface area contributed by atoms with Crippen LogP contribution in [0.1, 0.15) is 43.0 Å². The van der Waals surface area contributed by atoms with E-state index in [9.17, 15) is 14.7 Å². The quantitative estimate of drug-likeness (QED) is 0.406. The van der Waals surface area contributed by atoms with Crippen LogP contribution in [0.5, 0.6) is 0 Å². The number of rotatable bonds is 8. The number of nitrogens with zero attached hydrogens (tertiary/aromatic N) is 2. The van der Waals surface area contributed by atoms with Crippen molar-refractivity contribution in [2.45, 2.75) is 33.2 Å². The molecular weight excluding hydrogens is 376 g/mol. The van der Waals surface area contributed by atoms with E-state index in [0.29, 0.717) is 12.1 Å². The molecule has 0 saturated carbocycles. The largest absolute Gasteiger partial charge is 0.507 e. The molecule has 3 rings (SSSR count). The maximum absolute atomic E-state index is 13.0. The molecule has 0 bridgehead atoms. The topological polar surface area (TPSA) is 60.9 Å². The van der Waals surface area contributed by atoms with Gasteiger partial charge in [-0.3, -0.25) is 9.59 Å². The summed E-state index contributed by atoms with van der Waals surface area (Å²) in [6, 6.07) is 16.2. The monoisotopic (exact) mass is 406 g/mol. The average molecular weight is 407 g/mol. The Bertz CT molecular complexity index is 915. The minimum absolute atomic E-state index is 0.120. The summed E-state index contributed by atoms with van der Waals surface area (Å²) in [5.41, 5.74) is 2.63. The van der Waals surface area contributed by atoms with Gasteiger partial charge >= 0.3 is 0 Å². The second-order valence-corrected chi connectivity index (χ2v) is 7.65. The van der Waals surface area contributed by atoms with Crippen LogP contribution in [0.2, 0.25) is 0 Å². The highest BCUT2D eigenvalue weighted by Crippen LogP contribution is 2.39. The molecule has 1 heterocycles. The molecule has 1 fully saturated rings. The fourth-order valence-corrected chi connectivity index (χ4v) is 3.96. The third kappa shape index (κ3) is 4.46. The lowest BCUT2D eigenvalue weighted by atomic mass is 9.94. The molecule has 158 valence electrons. The Morgan fingerprint density at radius 3 is 2.23 bits per heavy atom. The number of hydrogen-bond donors (Lipinski definition) is 1. The van der Waals surface area contributed by atoms with Crippen LogP contribution in [0.3, 0.4) is 0 Å². The van der Waals surface area contributed by atoms with Crippen molar-refractivity contribution < 1.29 is 14.7 Å². The Balaban J connectivity index is 2.00. The van der Waals surface area contributed by atoms with E-state index in [2.05, 4.69) is 18.7 Å². The number of amides is 1. The summed E-state index contributed by atoms with van der Waals surface area (Å²) in [6.07, 6.45) is 0.766. The fourth-order valence-electron chi connectivity index (χ4n) is 3.96. The van der Waals surface area contributed by atoms with Crippen LogP contribution in [0.25, 0.3) is 5.76 Å². The molecule has 5 heteroatoms. The van der Waals surface area contributed by atoms with E-state index in [1.807, 2.05) is 37.3 Å². The van der Waals surface area contributed by atoms with Gasteiger partial charge in [0.2, 0.25) is 0 Å². The summed E-state index contributed by atoms with van der Waals surface area (Å²) < 4.78 is 0. The zero-order chi connectivity index (χ0) is 21.7. The van der Waals surface area contributed by atoms with Crippen LogP contribution < -0.4 is 0 Å². The third-order valence-corrected chi connectivity index (χ3v) is 5.75. The molecule has 0 radical (unpaired) electrons. The van der Waals surface area contributed by atoms with Gasteiger partial charge in [-0.25, -0.2) is 0 Å². The molecule has 1 atom stereocenters. The molecule has 1 saturated heterocycles. The zero-order valence-electron chi connectivity index (χ0n) is 18.0. The van der Waals surface area contributed by atoms with Crippen LogP contribution in [0.15, 0.2) is 60.2 Å². The molecule has 5 nitrogen and oxygen atoms in total. The number of aliphatic hydroxyl groups excluding tert-OH is 1. The molecule has 0 spiro atoms. The molecule has 0 unspecified atom stereocenters. The number of Topliss-reactive ketones (excluding diaryl/α,β-unsaturated/α-hetero) is 1. The van der Waals surface area contributed by atoms with Gasteiger partial charge in [-0.2, -0.15) is 0 Å². The SMILES string of the molecule is CCN(CC)CCCN1C(=O)C(=O)/C(=C(/O)c2ccccc2)[C@H]1c1ccc(C)cc1. The van der Waals surface area contributed by atoms with Gasteiger partial charge in [0.1, 0.15) is 5.76 Å². The molecule has 1 N–H and O–H groups in total. The van der Waals surface area contributed by atoms with Crippen molar-refractivity contribution >= 4 is 17.4 Å². The third-order valence-electron chi connectivity index (χ3n) is 5.75. The van der Waals surface area contributed by atoms with Gasteiger partial charge in [-0.1, -0.05) is 74.0 Å². The van der Waals surface area contributed by atoms with Gasteiger partial charge in [0, 0.05) is 12.1 Å². The summed E-state index contributed by atoms with van der Waals surface area (Å²) in [5.74, 6) is -1.28. The molecule has 30 heavy (non-hydrogen) atoms. The molecule has 1 aliphatic heterocycles. The van der Waals surface area contributed by atoms with Crippen LogP contribution in [0, 0.1) is 6.92 Å². The van der Waals surface area contributed by atoms with Crippen LogP contribution >= 0.6 is 0 Å². The van der Waals surface area contributed by atoms with Gasteiger partial charge in [0.05, 0.1) is 11.6 Å². The highest BCUT2D eigenvalue weighted by molar-refractivity contribution is 6.46. The van der Waals surface area contributed by atoms with Crippen molar-refractivity contribution in [2.75, 3.05) is 26.2 Å². The Morgan fingerprint density at radius 1 is 1.00 bits per heavy atom. The zero-order valence-corrected chi connectivity index (χ0v) is 18.0. The molecule has 2 aromatic carbocycles.